The summed E-state index contributed by atoms with van der Waals surface area (Å²) in [5.41, 5.74) is 0. The number of benzene rings is 2. The van der Waals surface area contributed by atoms with Crippen LogP contribution in [0.3, 0.4) is 0 Å². The van der Waals surface area contributed by atoms with Gasteiger partial charge in [-0.05, 0) is 29.4 Å². The van der Waals surface area contributed by atoms with Crippen LogP contribution in [-0.2, 0) is 13.7 Å². The SMILES string of the molecule is CS(C)(OS(C)(=O)=O)c1cccc2ccccc12. The Morgan fingerprint density at radius 1 is 0.889 bits per heavy atom. The molecule has 2 rings (SSSR count). The Labute approximate surface area is 109 Å². The van der Waals surface area contributed by atoms with E-state index in [2.05, 4.69) is 0 Å². The van der Waals surface area contributed by atoms with Crippen LogP contribution in [0.1, 0.15) is 0 Å². The van der Waals surface area contributed by atoms with Crippen molar-refractivity contribution in [1.82, 2.24) is 0 Å². The standard InChI is InChI=1S/C13H16O3S2/c1-17(2,16-18(3,14)15)13-10-6-8-11-7-4-5-9-12(11)13/h4-10H,1-3H3. The van der Waals surface area contributed by atoms with Gasteiger partial charge in [-0.1, -0.05) is 46.7 Å². The van der Waals surface area contributed by atoms with Gasteiger partial charge in [0, 0.05) is 4.90 Å². The molecule has 5 heteroatoms. The van der Waals surface area contributed by atoms with Crippen molar-refractivity contribution in [3.8, 4) is 0 Å². The van der Waals surface area contributed by atoms with Gasteiger partial charge in [-0.15, -0.1) is 0 Å². The van der Waals surface area contributed by atoms with E-state index in [9.17, 15) is 8.42 Å². The van der Waals surface area contributed by atoms with Gasteiger partial charge >= 0.3 is 0 Å². The predicted molar refractivity (Wildman–Crippen MR) is 77.6 cm³/mol. The average molecular weight is 284 g/mol. The zero-order valence-electron chi connectivity index (χ0n) is 10.6. The molecule has 0 saturated carbocycles. The van der Waals surface area contributed by atoms with E-state index in [1.807, 2.05) is 55.0 Å². The van der Waals surface area contributed by atoms with E-state index in [4.69, 9.17) is 3.63 Å². The molecule has 0 radical (unpaired) electrons. The highest BCUT2D eigenvalue weighted by atomic mass is 32.3. The van der Waals surface area contributed by atoms with E-state index >= 15 is 0 Å². The molecule has 0 aromatic heterocycles. The van der Waals surface area contributed by atoms with Crippen LogP contribution in [-0.4, -0.2) is 27.2 Å². The third-order valence-electron chi connectivity index (χ3n) is 2.57. The maximum atomic E-state index is 11.4. The van der Waals surface area contributed by atoms with Crippen molar-refractivity contribution in [3.63, 3.8) is 0 Å². The Kier molecular flexibility index (Phi) is 3.40. The molecule has 0 aliphatic carbocycles. The highest BCUT2D eigenvalue weighted by molar-refractivity contribution is 8.32. The Hall–Kier alpha value is -1.04. The first-order chi connectivity index (χ1) is 8.30. The zero-order chi connectivity index (χ0) is 13.4. The smallest absolute Gasteiger partial charge is 0.216 e. The molecule has 0 aliphatic rings. The van der Waals surface area contributed by atoms with Crippen LogP contribution >= 0.6 is 10.3 Å². The Bertz CT molecular complexity index is 670. The lowest BCUT2D eigenvalue weighted by Gasteiger charge is -2.30. The van der Waals surface area contributed by atoms with E-state index in [0.717, 1.165) is 21.9 Å². The molecule has 2 aromatic carbocycles. The van der Waals surface area contributed by atoms with Gasteiger partial charge in [0.25, 0.3) is 10.1 Å². The molecule has 0 spiro atoms. The highest BCUT2D eigenvalue weighted by Gasteiger charge is 2.23. The first-order valence-corrected chi connectivity index (χ1v) is 9.61. The van der Waals surface area contributed by atoms with Crippen molar-refractivity contribution < 1.29 is 12.0 Å². The molecule has 0 atom stereocenters. The molecule has 0 unspecified atom stereocenters. The molecule has 0 aliphatic heterocycles. The Morgan fingerprint density at radius 3 is 2.17 bits per heavy atom. The van der Waals surface area contributed by atoms with Gasteiger partial charge in [-0.2, -0.15) is 8.42 Å². The molecule has 0 bridgehead atoms. The summed E-state index contributed by atoms with van der Waals surface area (Å²) >= 11 is 0. The molecule has 2 aromatic rings. The normalized spacial score (nSPS) is 13.7. The molecule has 0 amide bonds. The monoisotopic (exact) mass is 284 g/mol. The molecule has 0 saturated heterocycles. The van der Waals surface area contributed by atoms with E-state index in [1.165, 1.54) is 0 Å². The summed E-state index contributed by atoms with van der Waals surface area (Å²) in [6, 6.07) is 13.8. The van der Waals surface area contributed by atoms with Crippen LogP contribution < -0.4 is 0 Å². The summed E-state index contributed by atoms with van der Waals surface area (Å²) in [4.78, 5) is 0.950. The van der Waals surface area contributed by atoms with Gasteiger partial charge in [-0.25, -0.2) is 3.63 Å². The van der Waals surface area contributed by atoms with Gasteiger partial charge in [0.05, 0.1) is 6.26 Å². The summed E-state index contributed by atoms with van der Waals surface area (Å²) in [6.45, 7) is 0. The van der Waals surface area contributed by atoms with E-state index in [0.29, 0.717) is 0 Å². The van der Waals surface area contributed by atoms with Crippen molar-refractivity contribution in [1.29, 1.82) is 0 Å². The third kappa shape index (κ3) is 2.85. The van der Waals surface area contributed by atoms with Gasteiger partial charge < -0.3 is 0 Å². The minimum atomic E-state index is -3.46. The van der Waals surface area contributed by atoms with Crippen molar-refractivity contribution >= 4 is 31.2 Å². The molecule has 0 N–H and O–H groups in total. The summed E-state index contributed by atoms with van der Waals surface area (Å²) in [6.07, 6.45) is 4.78. The second-order valence-electron chi connectivity index (χ2n) is 4.48. The first kappa shape index (κ1) is 13.4. The number of hydrogen-bond acceptors (Lipinski definition) is 3. The van der Waals surface area contributed by atoms with Crippen molar-refractivity contribution in [2.75, 3.05) is 18.8 Å². The third-order valence-corrected chi connectivity index (χ3v) is 6.34. The molecule has 98 valence electrons. The van der Waals surface area contributed by atoms with Gasteiger partial charge in [0.1, 0.15) is 0 Å². The first-order valence-electron chi connectivity index (χ1n) is 5.42. The van der Waals surface area contributed by atoms with Crippen LogP contribution in [0.25, 0.3) is 10.8 Å². The second-order valence-corrected chi connectivity index (χ2v) is 9.34. The maximum Gasteiger partial charge on any atom is 0.273 e. The largest absolute Gasteiger partial charge is 0.273 e. The lowest BCUT2D eigenvalue weighted by atomic mass is 10.1. The fourth-order valence-corrected chi connectivity index (χ4v) is 5.86. The minimum absolute atomic E-state index is 0.950. The van der Waals surface area contributed by atoms with Crippen molar-refractivity contribution in [2.24, 2.45) is 0 Å². The highest BCUT2D eigenvalue weighted by Crippen LogP contribution is 2.53. The molecular weight excluding hydrogens is 268 g/mol. The number of hydrogen-bond donors (Lipinski definition) is 0. The Morgan fingerprint density at radius 2 is 1.50 bits per heavy atom. The average Bonchev–Trinajstić information content (AvgIpc) is 2.25. The van der Waals surface area contributed by atoms with Crippen LogP contribution in [0.4, 0.5) is 0 Å². The molecule has 18 heavy (non-hydrogen) atoms. The molecule has 0 heterocycles. The lowest BCUT2D eigenvalue weighted by molar-refractivity contribution is 0.519. The van der Waals surface area contributed by atoms with E-state index in [-0.39, 0.29) is 0 Å². The van der Waals surface area contributed by atoms with E-state index in [1.54, 1.807) is 0 Å². The number of fused-ring (bicyclic) bond motifs is 1. The lowest BCUT2D eigenvalue weighted by Crippen LogP contribution is -2.08. The van der Waals surface area contributed by atoms with Crippen molar-refractivity contribution in [3.05, 3.63) is 42.5 Å². The topological polar surface area (TPSA) is 43.4 Å². The van der Waals surface area contributed by atoms with Crippen LogP contribution in [0.15, 0.2) is 47.4 Å². The predicted octanol–water partition coefficient (Wildman–Crippen LogP) is 3.15. The minimum Gasteiger partial charge on any atom is -0.216 e. The van der Waals surface area contributed by atoms with Crippen LogP contribution in [0.2, 0.25) is 0 Å². The molecular formula is C13H16O3S2. The fourth-order valence-electron chi connectivity index (χ4n) is 1.97. The fraction of sp³-hybridized carbons (Fsp3) is 0.231. The zero-order valence-corrected chi connectivity index (χ0v) is 12.2. The van der Waals surface area contributed by atoms with Crippen LogP contribution in [0, 0.1) is 0 Å². The Balaban J connectivity index is 2.60. The van der Waals surface area contributed by atoms with E-state index < -0.39 is 20.4 Å². The quantitative estimate of drug-likeness (QED) is 0.869. The van der Waals surface area contributed by atoms with Crippen LogP contribution in [0.5, 0.6) is 0 Å². The van der Waals surface area contributed by atoms with Gasteiger partial charge in [0.2, 0.25) is 0 Å². The number of rotatable bonds is 3. The summed E-state index contributed by atoms with van der Waals surface area (Å²) in [5, 5.41) is 2.14. The summed E-state index contributed by atoms with van der Waals surface area (Å²) in [7, 11) is -5.29. The summed E-state index contributed by atoms with van der Waals surface area (Å²) < 4.78 is 28.0. The van der Waals surface area contributed by atoms with Crippen molar-refractivity contribution in [2.45, 2.75) is 4.90 Å². The van der Waals surface area contributed by atoms with Gasteiger partial charge in [0.15, 0.2) is 0 Å². The summed E-state index contributed by atoms with van der Waals surface area (Å²) in [5.74, 6) is 0. The van der Waals surface area contributed by atoms with Gasteiger partial charge in [-0.3, -0.25) is 0 Å². The maximum absolute atomic E-state index is 11.4. The molecule has 3 nitrogen and oxygen atoms in total. The molecule has 0 fully saturated rings. The second kappa shape index (κ2) is 4.57.